The number of carbonyl (C=O) groups excluding carboxylic acids is 1. The maximum Gasteiger partial charge on any atom is 0.234 e. The van der Waals surface area contributed by atoms with Crippen LogP contribution in [0.25, 0.3) is 11.1 Å². The van der Waals surface area contributed by atoms with Gasteiger partial charge in [-0.2, -0.15) is 0 Å². The molecule has 2 aromatic carbocycles. The summed E-state index contributed by atoms with van der Waals surface area (Å²) >= 11 is 0. The molecular formula is C23H29N3O2. The number of ether oxygens (including phenoxy) is 1. The molecule has 1 aliphatic heterocycles. The van der Waals surface area contributed by atoms with Gasteiger partial charge in [-0.25, -0.2) is 0 Å². The van der Waals surface area contributed by atoms with Gasteiger partial charge in [0.25, 0.3) is 0 Å². The molecule has 3 rings (SSSR count). The molecule has 1 saturated heterocycles. The molecule has 0 saturated carbocycles. The molecule has 148 valence electrons. The Balaban J connectivity index is 2.04. The monoisotopic (exact) mass is 379 g/mol. The van der Waals surface area contributed by atoms with Gasteiger partial charge in [0.15, 0.2) is 5.96 Å². The second kappa shape index (κ2) is 8.05. The van der Waals surface area contributed by atoms with E-state index in [9.17, 15) is 4.79 Å². The van der Waals surface area contributed by atoms with Crippen molar-refractivity contribution in [2.24, 2.45) is 5.92 Å². The first-order valence-corrected chi connectivity index (χ1v) is 9.80. The number of guanidine groups is 1. The van der Waals surface area contributed by atoms with Crippen molar-refractivity contribution in [1.82, 2.24) is 10.2 Å². The summed E-state index contributed by atoms with van der Waals surface area (Å²) in [5.74, 6) is 0.745. The van der Waals surface area contributed by atoms with E-state index in [1.807, 2.05) is 43.3 Å². The van der Waals surface area contributed by atoms with Crippen molar-refractivity contribution in [1.29, 1.82) is 5.41 Å². The van der Waals surface area contributed by atoms with Crippen molar-refractivity contribution in [3.05, 3.63) is 54.1 Å². The van der Waals surface area contributed by atoms with E-state index < -0.39 is 5.54 Å². The smallest absolute Gasteiger partial charge is 0.234 e. The van der Waals surface area contributed by atoms with E-state index in [4.69, 9.17) is 10.1 Å². The Morgan fingerprint density at radius 3 is 2.54 bits per heavy atom. The molecule has 0 radical (unpaired) electrons. The molecule has 1 amide bonds. The van der Waals surface area contributed by atoms with E-state index in [1.165, 1.54) is 4.90 Å². The number of methoxy groups -OCH3 is 1. The van der Waals surface area contributed by atoms with Crippen LogP contribution < -0.4 is 10.1 Å². The van der Waals surface area contributed by atoms with Crippen LogP contribution in [0, 0.1) is 11.3 Å². The lowest BCUT2D eigenvalue weighted by atomic mass is 9.74. The first kappa shape index (κ1) is 19.9. The number of amides is 1. The van der Waals surface area contributed by atoms with Crippen molar-refractivity contribution in [2.45, 2.75) is 38.6 Å². The van der Waals surface area contributed by atoms with Crippen LogP contribution in [0.5, 0.6) is 5.75 Å². The first-order valence-electron chi connectivity index (χ1n) is 9.80. The van der Waals surface area contributed by atoms with Gasteiger partial charge in [0.1, 0.15) is 5.75 Å². The molecule has 1 fully saturated rings. The van der Waals surface area contributed by atoms with Crippen LogP contribution in [0.4, 0.5) is 0 Å². The quantitative estimate of drug-likeness (QED) is 0.783. The molecule has 2 N–H and O–H groups in total. The van der Waals surface area contributed by atoms with Crippen molar-refractivity contribution in [3.63, 3.8) is 0 Å². The topological polar surface area (TPSA) is 65.4 Å². The molecule has 5 nitrogen and oxygen atoms in total. The zero-order chi connectivity index (χ0) is 20.3. The fourth-order valence-corrected chi connectivity index (χ4v) is 3.93. The average molecular weight is 380 g/mol. The summed E-state index contributed by atoms with van der Waals surface area (Å²) < 4.78 is 5.35. The number of hydrogen-bond donors (Lipinski definition) is 2. The largest absolute Gasteiger partial charge is 0.497 e. The van der Waals surface area contributed by atoms with Gasteiger partial charge in [-0.05, 0) is 48.2 Å². The SMILES string of the molecule is CCCC[C@H]1C(=O)N(C)C(=N)N[C@]1(C)c1cccc(-c2cccc(OC)c2)c1. The van der Waals surface area contributed by atoms with Crippen molar-refractivity contribution >= 4 is 11.9 Å². The molecule has 2 aromatic rings. The normalized spacial score (nSPS) is 22.1. The van der Waals surface area contributed by atoms with Gasteiger partial charge < -0.3 is 10.1 Å². The predicted molar refractivity (Wildman–Crippen MR) is 112 cm³/mol. The average Bonchev–Trinajstić information content (AvgIpc) is 2.72. The highest BCUT2D eigenvalue weighted by Gasteiger charge is 2.46. The number of carbonyl (C=O) groups is 1. The maximum atomic E-state index is 13.0. The van der Waals surface area contributed by atoms with Gasteiger partial charge >= 0.3 is 0 Å². The third-order valence-corrected chi connectivity index (χ3v) is 5.75. The molecule has 0 unspecified atom stereocenters. The fraction of sp³-hybridized carbons (Fsp3) is 0.391. The van der Waals surface area contributed by atoms with Crippen LogP contribution in [-0.4, -0.2) is 30.9 Å². The van der Waals surface area contributed by atoms with Gasteiger partial charge in [0.2, 0.25) is 5.91 Å². The third kappa shape index (κ3) is 3.61. The van der Waals surface area contributed by atoms with Crippen molar-refractivity contribution in [2.75, 3.05) is 14.2 Å². The maximum absolute atomic E-state index is 13.0. The fourth-order valence-electron chi connectivity index (χ4n) is 3.93. The van der Waals surface area contributed by atoms with E-state index in [0.717, 1.165) is 41.7 Å². The number of nitrogens with zero attached hydrogens (tertiary/aromatic N) is 1. The molecule has 1 aliphatic rings. The van der Waals surface area contributed by atoms with Crippen LogP contribution in [-0.2, 0) is 10.3 Å². The molecule has 2 atom stereocenters. The summed E-state index contributed by atoms with van der Waals surface area (Å²) in [7, 11) is 3.33. The number of hydrogen-bond acceptors (Lipinski definition) is 3. The van der Waals surface area contributed by atoms with Crippen LogP contribution in [0.2, 0.25) is 0 Å². The Bertz CT molecular complexity index is 880. The van der Waals surface area contributed by atoms with Gasteiger partial charge in [-0.15, -0.1) is 0 Å². The highest BCUT2D eigenvalue weighted by atomic mass is 16.5. The third-order valence-electron chi connectivity index (χ3n) is 5.75. The lowest BCUT2D eigenvalue weighted by Crippen LogP contribution is -2.63. The lowest BCUT2D eigenvalue weighted by Gasteiger charge is -2.46. The van der Waals surface area contributed by atoms with Gasteiger partial charge in [0, 0.05) is 7.05 Å². The summed E-state index contributed by atoms with van der Waals surface area (Å²) in [5.41, 5.74) is 2.51. The van der Waals surface area contributed by atoms with E-state index in [1.54, 1.807) is 14.2 Å². The summed E-state index contributed by atoms with van der Waals surface area (Å²) in [4.78, 5) is 14.4. The second-order valence-electron chi connectivity index (χ2n) is 7.58. The summed E-state index contributed by atoms with van der Waals surface area (Å²) in [6.45, 7) is 4.17. The minimum atomic E-state index is -0.620. The molecular weight excluding hydrogens is 350 g/mol. The molecule has 0 aliphatic carbocycles. The standard InChI is InChI=1S/C23H29N3O2/c1-5-6-13-20-21(27)26(3)22(24)25-23(20,2)18-11-7-9-16(14-18)17-10-8-12-19(15-17)28-4/h7-12,14-15,20H,5-6,13H2,1-4H3,(H2,24,25)/t20-,23+/m0/s1. The van der Waals surface area contributed by atoms with E-state index >= 15 is 0 Å². The zero-order valence-corrected chi connectivity index (χ0v) is 17.1. The van der Waals surface area contributed by atoms with E-state index in [2.05, 4.69) is 24.4 Å². The first-order chi connectivity index (χ1) is 13.4. The number of unbranched alkanes of at least 4 members (excludes halogenated alkanes) is 1. The van der Waals surface area contributed by atoms with E-state index in [-0.39, 0.29) is 17.8 Å². The molecule has 28 heavy (non-hydrogen) atoms. The second-order valence-corrected chi connectivity index (χ2v) is 7.58. The minimum absolute atomic E-state index is 0.00600. The number of rotatable bonds is 6. The van der Waals surface area contributed by atoms with Crippen molar-refractivity contribution in [3.8, 4) is 16.9 Å². The Morgan fingerprint density at radius 2 is 1.86 bits per heavy atom. The van der Waals surface area contributed by atoms with Crippen LogP contribution in [0.1, 0.15) is 38.7 Å². The Morgan fingerprint density at radius 1 is 1.18 bits per heavy atom. The molecule has 5 heteroatoms. The van der Waals surface area contributed by atoms with Crippen LogP contribution in [0.3, 0.4) is 0 Å². The lowest BCUT2D eigenvalue weighted by molar-refractivity contribution is -0.135. The highest BCUT2D eigenvalue weighted by Crippen LogP contribution is 2.38. The van der Waals surface area contributed by atoms with Crippen molar-refractivity contribution < 1.29 is 9.53 Å². The summed E-state index contributed by atoms with van der Waals surface area (Å²) in [6.07, 6.45) is 2.80. The van der Waals surface area contributed by atoms with Crippen LogP contribution in [0.15, 0.2) is 48.5 Å². The summed E-state index contributed by atoms with van der Waals surface area (Å²) in [5, 5.41) is 11.6. The molecule has 1 heterocycles. The van der Waals surface area contributed by atoms with Gasteiger partial charge in [-0.3, -0.25) is 15.1 Å². The Kier molecular flexibility index (Phi) is 5.73. The Labute approximate surface area is 167 Å². The predicted octanol–water partition coefficient (Wildman–Crippen LogP) is 4.38. The number of benzene rings is 2. The molecule has 0 spiro atoms. The van der Waals surface area contributed by atoms with E-state index in [0.29, 0.717) is 0 Å². The summed E-state index contributed by atoms with van der Waals surface area (Å²) in [6, 6.07) is 16.2. The molecule has 0 bridgehead atoms. The minimum Gasteiger partial charge on any atom is -0.497 e. The number of nitrogens with one attached hydrogen (secondary N) is 2. The van der Waals surface area contributed by atoms with Gasteiger partial charge in [0.05, 0.1) is 18.6 Å². The Hall–Kier alpha value is -2.82. The zero-order valence-electron chi connectivity index (χ0n) is 17.1. The van der Waals surface area contributed by atoms with Crippen LogP contribution >= 0.6 is 0 Å². The molecule has 0 aromatic heterocycles. The van der Waals surface area contributed by atoms with Gasteiger partial charge in [-0.1, -0.05) is 50.1 Å². The highest BCUT2D eigenvalue weighted by molar-refractivity contribution is 6.00.